The van der Waals surface area contributed by atoms with Crippen LogP contribution in [-0.4, -0.2) is 0 Å². The Balaban J connectivity index is 2.03. The molecular weight excluding hydrogens is 204 g/mol. The maximum atomic E-state index is 4.14. The second-order valence-corrected chi connectivity index (χ2v) is 5.86. The monoisotopic (exact) mass is 226 g/mol. The third-order valence-electron chi connectivity index (χ3n) is 4.70. The van der Waals surface area contributed by atoms with Gasteiger partial charge in [0.15, 0.2) is 0 Å². The molecule has 2 unspecified atom stereocenters. The number of fused-ring (bicyclic) bond motifs is 3. The first kappa shape index (κ1) is 11.1. The summed E-state index contributed by atoms with van der Waals surface area (Å²) in [5.41, 5.74) is 5.93. The largest absolute Gasteiger partial charge is 0.0955 e. The van der Waals surface area contributed by atoms with Gasteiger partial charge in [0.05, 0.1) is 0 Å². The van der Waals surface area contributed by atoms with E-state index in [1.807, 2.05) is 0 Å². The van der Waals surface area contributed by atoms with Crippen molar-refractivity contribution in [1.29, 1.82) is 0 Å². The van der Waals surface area contributed by atoms with Crippen molar-refractivity contribution in [3.05, 3.63) is 41.5 Å². The predicted molar refractivity (Wildman–Crippen MR) is 74.2 cm³/mol. The summed E-state index contributed by atoms with van der Waals surface area (Å²) in [5.74, 6) is 1.78. The molecule has 0 N–H and O–H groups in total. The van der Waals surface area contributed by atoms with E-state index in [4.69, 9.17) is 0 Å². The fraction of sp³-hybridized carbons (Fsp3) is 0.529. The number of rotatable bonds is 1. The Kier molecular flexibility index (Phi) is 2.82. The molecule has 2 aliphatic rings. The molecule has 17 heavy (non-hydrogen) atoms. The molecule has 0 radical (unpaired) electrons. The van der Waals surface area contributed by atoms with Crippen LogP contribution in [0.4, 0.5) is 0 Å². The second kappa shape index (κ2) is 4.33. The first-order chi connectivity index (χ1) is 8.27. The van der Waals surface area contributed by atoms with E-state index in [9.17, 15) is 0 Å². The smallest absolute Gasteiger partial charge is 0.0127 e. The van der Waals surface area contributed by atoms with Crippen LogP contribution < -0.4 is 0 Å². The zero-order valence-corrected chi connectivity index (χ0v) is 10.8. The summed E-state index contributed by atoms with van der Waals surface area (Å²) in [6, 6.07) is 6.86. The molecule has 0 nitrogen and oxygen atoms in total. The number of benzene rings is 1. The van der Waals surface area contributed by atoms with Gasteiger partial charge >= 0.3 is 0 Å². The van der Waals surface area contributed by atoms with E-state index in [1.165, 1.54) is 49.7 Å². The average molecular weight is 226 g/mol. The molecule has 0 aliphatic heterocycles. The van der Waals surface area contributed by atoms with Gasteiger partial charge in [-0.2, -0.15) is 0 Å². The normalized spacial score (nSPS) is 27.1. The van der Waals surface area contributed by atoms with Crippen molar-refractivity contribution in [2.45, 2.75) is 51.4 Å². The van der Waals surface area contributed by atoms with Crippen LogP contribution in [0.3, 0.4) is 0 Å². The van der Waals surface area contributed by atoms with Gasteiger partial charge in [-0.05, 0) is 54.7 Å². The maximum Gasteiger partial charge on any atom is -0.0127 e. The predicted octanol–water partition coefficient (Wildman–Crippen LogP) is 4.94. The fourth-order valence-electron chi connectivity index (χ4n) is 3.88. The molecule has 0 aromatic heterocycles. The van der Waals surface area contributed by atoms with Crippen LogP contribution >= 0.6 is 0 Å². The molecule has 90 valence electrons. The van der Waals surface area contributed by atoms with Crippen LogP contribution in [0, 0.1) is 5.92 Å². The Bertz CT molecular complexity index is 441. The van der Waals surface area contributed by atoms with Crippen molar-refractivity contribution < 1.29 is 0 Å². The lowest BCUT2D eigenvalue weighted by molar-refractivity contribution is 0.432. The van der Waals surface area contributed by atoms with Crippen molar-refractivity contribution >= 4 is 5.57 Å². The Hall–Kier alpha value is -1.04. The van der Waals surface area contributed by atoms with E-state index in [2.05, 4.69) is 31.7 Å². The molecule has 0 heteroatoms. The van der Waals surface area contributed by atoms with Crippen molar-refractivity contribution in [3.63, 3.8) is 0 Å². The topological polar surface area (TPSA) is 0 Å². The maximum absolute atomic E-state index is 4.14. The van der Waals surface area contributed by atoms with Gasteiger partial charge in [-0.3, -0.25) is 0 Å². The molecule has 1 fully saturated rings. The summed E-state index contributed by atoms with van der Waals surface area (Å²) >= 11 is 0. The van der Waals surface area contributed by atoms with Gasteiger partial charge in [0.2, 0.25) is 0 Å². The lowest BCUT2D eigenvalue weighted by atomic mass is 9.88. The minimum Gasteiger partial charge on any atom is -0.0955 e. The third kappa shape index (κ3) is 1.84. The minimum absolute atomic E-state index is 0.854. The Morgan fingerprint density at radius 3 is 2.82 bits per heavy atom. The van der Waals surface area contributed by atoms with Gasteiger partial charge in [-0.15, -0.1) is 0 Å². The molecule has 2 atom stereocenters. The summed E-state index contributed by atoms with van der Waals surface area (Å²) in [7, 11) is 0. The Morgan fingerprint density at radius 2 is 2.00 bits per heavy atom. The molecule has 2 aliphatic carbocycles. The van der Waals surface area contributed by atoms with Crippen molar-refractivity contribution in [3.8, 4) is 0 Å². The molecular formula is C17H22. The van der Waals surface area contributed by atoms with Crippen LogP contribution in [-0.2, 0) is 6.42 Å². The van der Waals surface area contributed by atoms with Crippen molar-refractivity contribution in [1.82, 2.24) is 0 Å². The van der Waals surface area contributed by atoms with Crippen LogP contribution in [0.15, 0.2) is 24.8 Å². The van der Waals surface area contributed by atoms with E-state index >= 15 is 0 Å². The molecule has 1 saturated carbocycles. The van der Waals surface area contributed by atoms with Gasteiger partial charge in [-0.1, -0.05) is 49.6 Å². The Morgan fingerprint density at radius 1 is 1.18 bits per heavy atom. The van der Waals surface area contributed by atoms with Crippen LogP contribution in [0.5, 0.6) is 0 Å². The molecule has 0 spiro atoms. The number of hydrogen-bond donors (Lipinski definition) is 0. The van der Waals surface area contributed by atoms with Gasteiger partial charge in [0.1, 0.15) is 0 Å². The van der Waals surface area contributed by atoms with Gasteiger partial charge in [0, 0.05) is 0 Å². The van der Waals surface area contributed by atoms with E-state index in [-0.39, 0.29) is 0 Å². The molecule has 1 aromatic carbocycles. The number of hydrogen-bond acceptors (Lipinski definition) is 0. The highest BCUT2D eigenvalue weighted by Gasteiger charge is 2.34. The van der Waals surface area contributed by atoms with Crippen LogP contribution in [0.2, 0.25) is 0 Å². The first-order valence-electron chi connectivity index (χ1n) is 7.05. The molecule has 0 heterocycles. The quantitative estimate of drug-likeness (QED) is 0.636. The molecule has 0 amide bonds. The second-order valence-electron chi connectivity index (χ2n) is 5.86. The summed E-state index contributed by atoms with van der Waals surface area (Å²) in [6.07, 6.45) is 8.48. The highest BCUT2D eigenvalue weighted by molar-refractivity contribution is 5.67. The molecule has 1 aromatic rings. The fourth-order valence-corrected chi connectivity index (χ4v) is 3.88. The first-order valence-corrected chi connectivity index (χ1v) is 7.05. The standard InChI is InChI=1S/C17H22/c1-12(2)14-9-6-10-16-15-8-5-3-4-7-13(15)11-17(14)16/h6,9-10,13,15H,1,3-5,7-8,11H2,2H3. The lowest BCUT2D eigenvalue weighted by Crippen LogP contribution is -2.04. The average Bonchev–Trinajstić information content (AvgIpc) is 2.52. The highest BCUT2D eigenvalue weighted by Crippen LogP contribution is 2.47. The van der Waals surface area contributed by atoms with E-state index < -0.39 is 0 Å². The summed E-state index contributed by atoms with van der Waals surface area (Å²) in [4.78, 5) is 0. The summed E-state index contributed by atoms with van der Waals surface area (Å²) in [6.45, 7) is 6.28. The zero-order valence-electron chi connectivity index (χ0n) is 10.8. The zero-order chi connectivity index (χ0) is 11.8. The van der Waals surface area contributed by atoms with Crippen LogP contribution in [0.1, 0.15) is 61.6 Å². The van der Waals surface area contributed by atoms with Gasteiger partial charge < -0.3 is 0 Å². The molecule has 0 saturated heterocycles. The molecule has 3 rings (SSSR count). The van der Waals surface area contributed by atoms with Crippen molar-refractivity contribution in [2.24, 2.45) is 5.92 Å². The van der Waals surface area contributed by atoms with E-state index in [1.54, 1.807) is 11.1 Å². The van der Waals surface area contributed by atoms with E-state index in [0.29, 0.717) is 0 Å². The van der Waals surface area contributed by atoms with Gasteiger partial charge in [0.25, 0.3) is 0 Å². The Labute approximate surface area is 105 Å². The highest BCUT2D eigenvalue weighted by atomic mass is 14.4. The van der Waals surface area contributed by atoms with Crippen molar-refractivity contribution in [2.75, 3.05) is 0 Å². The lowest BCUT2D eigenvalue weighted by Gasteiger charge is -2.16. The SMILES string of the molecule is C=C(C)c1cccc2c1CC1CCCCCC21. The van der Waals surface area contributed by atoms with Crippen LogP contribution in [0.25, 0.3) is 5.57 Å². The minimum atomic E-state index is 0.854. The number of allylic oxidation sites excluding steroid dienone is 1. The summed E-state index contributed by atoms with van der Waals surface area (Å²) in [5, 5.41) is 0. The molecule has 0 bridgehead atoms. The summed E-state index contributed by atoms with van der Waals surface area (Å²) < 4.78 is 0. The van der Waals surface area contributed by atoms with E-state index in [0.717, 1.165) is 11.8 Å². The third-order valence-corrected chi connectivity index (χ3v) is 4.70. The van der Waals surface area contributed by atoms with Gasteiger partial charge in [-0.25, -0.2) is 0 Å².